The second kappa shape index (κ2) is 2.96. The van der Waals surface area contributed by atoms with Crippen molar-refractivity contribution in [3.05, 3.63) is 0 Å². The Morgan fingerprint density at radius 1 is 1.62 bits per heavy atom. The molecule has 2 atom stereocenters. The van der Waals surface area contributed by atoms with Gasteiger partial charge >= 0.3 is 0 Å². The molecule has 4 nitrogen and oxygen atoms in total. The lowest BCUT2D eigenvalue weighted by atomic mass is 9.72. The lowest BCUT2D eigenvalue weighted by Crippen LogP contribution is -2.48. The first-order valence-corrected chi connectivity index (χ1v) is 4.48. The fraction of sp³-hybridized carbons (Fsp3) is 0.889. The molecule has 0 aromatic carbocycles. The fourth-order valence-corrected chi connectivity index (χ4v) is 2.17. The molecule has 1 amide bonds. The molecule has 0 radical (unpaired) electrons. The van der Waals surface area contributed by atoms with Crippen LogP contribution in [0.25, 0.3) is 0 Å². The Morgan fingerprint density at radius 3 is 2.38 bits per heavy atom. The van der Waals surface area contributed by atoms with Gasteiger partial charge in [0, 0.05) is 11.3 Å². The van der Waals surface area contributed by atoms with Gasteiger partial charge in [0.25, 0.3) is 0 Å². The van der Waals surface area contributed by atoms with Crippen LogP contribution in [0, 0.1) is 11.3 Å². The molecule has 1 saturated carbocycles. The van der Waals surface area contributed by atoms with Gasteiger partial charge in [0.05, 0.1) is 12.2 Å². The summed E-state index contributed by atoms with van der Waals surface area (Å²) in [6.07, 6.45) is 0.990. The van der Waals surface area contributed by atoms with E-state index in [4.69, 9.17) is 10.8 Å². The van der Waals surface area contributed by atoms with E-state index in [1.165, 1.54) is 0 Å². The minimum atomic E-state index is -1.16. The second-order valence-electron chi connectivity index (χ2n) is 4.41. The zero-order valence-electron chi connectivity index (χ0n) is 8.08. The summed E-state index contributed by atoms with van der Waals surface area (Å²) in [6, 6.07) is 0. The van der Waals surface area contributed by atoms with E-state index in [9.17, 15) is 9.90 Å². The Balaban J connectivity index is 2.95. The van der Waals surface area contributed by atoms with Gasteiger partial charge in [0.1, 0.15) is 0 Å². The summed E-state index contributed by atoms with van der Waals surface area (Å²) in [6.45, 7) is 3.22. The van der Waals surface area contributed by atoms with Gasteiger partial charge in [-0.3, -0.25) is 4.79 Å². The minimum Gasteiger partial charge on any atom is -0.393 e. The molecule has 1 aliphatic rings. The molecule has 2 unspecified atom stereocenters. The van der Waals surface area contributed by atoms with E-state index >= 15 is 0 Å². The SMILES string of the molecule is CC1(C)C(C(N)=O)CCC1(O)CO. The summed E-state index contributed by atoms with van der Waals surface area (Å²) in [4.78, 5) is 11.1. The van der Waals surface area contributed by atoms with Crippen molar-refractivity contribution in [3.63, 3.8) is 0 Å². The molecule has 1 rings (SSSR count). The number of primary amides is 1. The van der Waals surface area contributed by atoms with E-state index in [0.29, 0.717) is 12.8 Å². The highest BCUT2D eigenvalue weighted by Crippen LogP contribution is 2.49. The molecule has 0 bridgehead atoms. The first-order chi connectivity index (χ1) is 5.85. The number of aliphatic hydroxyl groups is 2. The van der Waals surface area contributed by atoms with Crippen molar-refractivity contribution in [2.75, 3.05) is 6.61 Å². The van der Waals surface area contributed by atoms with Crippen molar-refractivity contribution in [1.29, 1.82) is 0 Å². The number of amides is 1. The lowest BCUT2D eigenvalue weighted by Gasteiger charge is -2.37. The zero-order valence-corrected chi connectivity index (χ0v) is 8.08. The average Bonchev–Trinajstić information content (AvgIpc) is 2.24. The largest absolute Gasteiger partial charge is 0.393 e. The first-order valence-electron chi connectivity index (χ1n) is 4.48. The molecule has 13 heavy (non-hydrogen) atoms. The molecule has 0 spiro atoms. The monoisotopic (exact) mass is 187 g/mol. The number of hydrogen-bond acceptors (Lipinski definition) is 3. The molecule has 0 aromatic rings. The maximum absolute atomic E-state index is 11.1. The Kier molecular flexibility index (Phi) is 2.38. The van der Waals surface area contributed by atoms with Crippen molar-refractivity contribution >= 4 is 5.91 Å². The van der Waals surface area contributed by atoms with Crippen LogP contribution in [0.1, 0.15) is 26.7 Å². The van der Waals surface area contributed by atoms with Gasteiger partial charge in [-0.05, 0) is 12.8 Å². The maximum atomic E-state index is 11.1. The summed E-state index contributed by atoms with van der Waals surface area (Å²) < 4.78 is 0. The van der Waals surface area contributed by atoms with Crippen LogP contribution in [0.15, 0.2) is 0 Å². The molecule has 4 N–H and O–H groups in total. The van der Waals surface area contributed by atoms with Crippen LogP contribution in [-0.4, -0.2) is 28.3 Å². The third-order valence-corrected chi connectivity index (χ3v) is 3.52. The molecule has 1 fully saturated rings. The molecule has 0 aliphatic heterocycles. The van der Waals surface area contributed by atoms with E-state index in [0.717, 1.165) is 0 Å². The van der Waals surface area contributed by atoms with E-state index in [2.05, 4.69) is 0 Å². The molecule has 0 saturated heterocycles. The Morgan fingerprint density at radius 2 is 2.15 bits per heavy atom. The van der Waals surface area contributed by atoms with E-state index < -0.39 is 16.9 Å². The molecule has 1 aliphatic carbocycles. The summed E-state index contributed by atoms with van der Waals surface area (Å²) in [5, 5.41) is 19.0. The highest BCUT2D eigenvalue weighted by Gasteiger charge is 2.55. The van der Waals surface area contributed by atoms with E-state index in [-0.39, 0.29) is 12.5 Å². The zero-order chi connectivity index (χ0) is 10.3. The van der Waals surface area contributed by atoms with E-state index in [1.807, 2.05) is 0 Å². The van der Waals surface area contributed by atoms with Gasteiger partial charge in [-0.1, -0.05) is 13.8 Å². The van der Waals surface area contributed by atoms with Gasteiger partial charge in [-0.15, -0.1) is 0 Å². The van der Waals surface area contributed by atoms with Crippen LogP contribution in [0.2, 0.25) is 0 Å². The molecular weight excluding hydrogens is 170 g/mol. The predicted octanol–water partition coefficient (Wildman–Crippen LogP) is -0.369. The van der Waals surface area contributed by atoms with Crippen LogP contribution in [0.3, 0.4) is 0 Å². The Bertz CT molecular complexity index is 227. The highest BCUT2D eigenvalue weighted by molar-refractivity contribution is 5.78. The topological polar surface area (TPSA) is 83.6 Å². The lowest BCUT2D eigenvalue weighted by molar-refractivity contribution is -0.133. The van der Waals surface area contributed by atoms with Crippen molar-refractivity contribution in [3.8, 4) is 0 Å². The summed E-state index contributed by atoms with van der Waals surface area (Å²) >= 11 is 0. The Labute approximate surface area is 77.7 Å². The molecular formula is C9H17NO3. The van der Waals surface area contributed by atoms with Crippen molar-refractivity contribution < 1.29 is 15.0 Å². The number of aliphatic hydroxyl groups excluding tert-OH is 1. The highest BCUT2D eigenvalue weighted by atomic mass is 16.3. The van der Waals surface area contributed by atoms with Crippen LogP contribution in [-0.2, 0) is 4.79 Å². The van der Waals surface area contributed by atoms with Crippen molar-refractivity contribution in [2.45, 2.75) is 32.3 Å². The smallest absolute Gasteiger partial charge is 0.221 e. The summed E-state index contributed by atoms with van der Waals surface area (Å²) in [7, 11) is 0. The second-order valence-corrected chi connectivity index (χ2v) is 4.41. The first kappa shape index (κ1) is 10.5. The number of rotatable bonds is 2. The fourth-order valence-electron chi connectivity index (χ4n) is 2.17. The van der Waals surface area contributed by atoms with Gasteiger partial charge in [0.2, 0.25) is 5.91 Å². The van der Waals surface area contributed by atoms with Crippen molar-refractivity contribution in [1.82, 2.24) is 0 Å². The standard InChI is InChI=1S/C9H17NO3/c1-8(2)6(7(10)12)3-4-9(8,13)5-11/h6,11,13H,3-5H2,1-2H3,(H2,10,12). The number of carbonyl (C=O) groups excluding carboxylic acids is 1. The molecule has 76 valence electrons. The van der Waals surface area contributed by atoms with Crippen LogP contribution >= 0.6 is 0 Å². The Hall–Kier alpha value is -0.610. The average molecular weight is 187 g/mol. The van der Waals surface area contributed by atoms with Crippen LogP contribution in [0.5, 0.6) is 0 Å². The third kappa shape index (κ3) is 1.34. The third-order valence-electron chi connectivity index (χ3n) is 3.52. The van der Waals surface area contributed by atoms with Crippen molar-refractivity contribution in [2.24, 2.45) is 17.1 Å². The normalized spacial score (nSPS) is 37.7. The van der Waals surface area contributed by atoms with Crippen LogP contribution in [0.4, 0.5) is 0 Å². The molecule has 0 aromatic heterocycles. The number of carbonyl (C=O) groups is 1. The van der Waals surface area contributed by atoms with Gasteiger partial charge < -0.3 is 15.9 Å². The van der Waals surface area contributed by atoms with Crippen LogP contribution < -0.4 is 5.73 Å². The summed E-state index contributed by atoms with van der Waals surface area (Å²) in [5.41, 5.74) is 3.43. The molecule has 4 heteroatoms. The predicted molar refractivity (Wildman–Crippen MR) is 47.7 cm³/mol. The quantitative estimate of drug-likeness (QED) is 0.551. The number of nitrogens with two attached hydrogens (primary N) is 1. The van der Waals surface area contributed by atoms with E-state index in [1.54, 1.807) is 13.8 Å². The van der Waals surface area contributed by atoms with Gasteiger partial charge in [-0.25, -0.2) is 0 Å². The minimum absolute atomic E-state index is 0.316. The summed E-state index contributed by atoms with van der Waals surface area (Å²) in [5.74, 6) is -0.737. The van der Waals surface area contributed by atoms with Gasteiger partial charge in [0.15, 0.2) is 0 Å². The van der Waals surface area contributed by atoms with Gasteiger partial charge in [-0.2, -0.15) is 0 Å². The molecule has 0 heterocycles. The maximum Gasteiger partial charge on any atom is 0.221 e. The number of hydrogen-bond donors (Lipinski definition) is 3.